The number of methoxy groups -OCH3 is 1. The Labute approximate surface area is 157 Å². The van der Waals surface area contributed by atoms with Gasteiger partial charge in [0.15, 0.2) is 0 Å². The van der Waals surface area contributed by atoms with Crippen molar-refractivity contribution in [3.63, 3.8) is 0 Å². The molecule has 2 N–H and O–H groups in total. The molecule has 0 saturated carbocycles. The van der Waals surface area contributed by atoms with E-state index in [0.29, 0.717) is 17.5 Å². The summed E-state index contributed by atoms with van der Waals surface area (Å²) in [6, 6.07) is 11.5. The zero-order chi connectivity index (χ0) is 18.7. The lowest BCUT2D eigenvalue weighted by atomic mass is 10.0. The van der Waals surface area contributed by atoms with Crippen molar-refractivity contribution in [1.82, 2.24) is 9.56 Å². The van der Waals surface area contributed by atoms with Crippen LogP contribution < -0.4 is 9.56 Å². The average Bonchev–Trinajstić information content (AvgIpc) is 3.03. The Morgan fingerprint density at radius 3 is 2.77 bits per heavy atom. The van der Waals surface area contributed by atoms with Gasteiger partial charge in [0.05, 0.1) is 17.6 Å². The molecule has 8 heteroatoms. The number of rotatable bonds is 6. The van der Waals surface area contributed by atoms with Gasteiger partial charge in [-0.2, -0.15) is 0 Å². The second kappa shape index (κ2) is 7.75. The number of carbonyl (C=O) groups is 1. The fourth-order valence-electron chi connectivity index (χ4n) is 3.20. The molecule has 0 amide bonds. The normalized spacial score (nSPS) is 16.3. The van der Waals surface area contributed by atoms with Gasteiger partial charge in [0.2, 0.25) is 10.0 Å². The predicted octanol–water partition coefficient (Wildman–Crippen LogP) is 2.68. The number of fused-ring (bicyclic) bond motifs is 1. The minimum Gasteiger partial charge on any atom is -0.465 e. The molecule has 2 aromatic rings. The summed E-state index contributed by atoms with van der Waals surface area (Å²) in [5.41, 5.74) is 2.83. The molecule has 6 nitrogen and oxygen atoms in total. The summed E-state index contributed by atoms with van der Waals surface area (Å²) >= 11 is 5.55. The number of carbonyl (C=O) groups excluding carboxylic acids is 1. The van der Waals surface area contributed by atoms with Crippen LogP contribution in [-0.2, 0) is 27.7 Å². The van der Waals surface area contributed by atoms with Crippen LogP contribution in [-0.4, -0.2) is 21.5 Å². The van der Waals surface area contributed by atoms with E-state index in [1.165, 1.54) is 7.11 Å². The highest BCUT2D eigenvalue weighted by Crippen LogP contribution is 2.33. The number of halogens is 1. The Morgan fingerprint density at radius 2 is 2.04 bits per heavy atom. The maximum atomic E-state index is 12.9. The minimum atomic E-state index is -3.74. The number of ether oxygens (including phenoxy) is 1. The largest absolute Gasteiger partial charge is 0.465 e. The Morgan fingerprint density at radius 1 is 1.27 bits per heavy atom. The van der Waals surface area contributed by atoms with E-state index in [2.05, 4.69) is 9.56 Å². The van der Waals surface area contributed by atoms with Gasteiger partial charge >= 0.3 is 5.97 Å². The fraction of sp³-hybridized carbons (Fsp3) is 0.278. The zero-order valence-corrected chi connectivity index (χ0v) is 15.7. The van der Waals surface area contributed by atoms with E-state index < -0.39 is 22.0 Å². The van der Waals surface area contributed by atoms with Gasteiger partial charge in [-0.1, -0.05) is 24.3 Å². The summed E-state index contributed by atoms with van der Waals surface area (Å²) in [6.45, 7) is 0.229. The molecule has 0 aromatic heterocycles. The molecular formula is C18H19ClN2O4S. The number of hydrogen-bond acceptors (Lipinski definition) is 5. The maximum absolute atomic E-state index is 12.9. The summed E-state index contributed by atoms with van der Waals surface area (Å²) in [4.78, 5) is 14.4. The van der Waals surface area contributed by atoms with Crippen molar-refractivity contribution in [3.8, 4) is 0 Å². The molecule has 0 unspecified atom stereocenters. The van der Waals surface area contributed by atoms with E-state index in [4.69, 9.17) is 16.5 Å². The van der Waals surface area contributed by atoms with Gasteiger partial charge in [-0.3, -0.25) is 0 Å². The van der Waals surface area contributed by atoms with E-state index >= 15 is 0 Å². The number of nitrogens with one attached hydrogen (secondary N) is 2. The van der Waals surface area contributed by atoms with Crippen LogP contribution in [0.1, 0.15) is 39.5 Å². The van der Waals surface area contributed by atoms with Gasteiger partial charge in [0, 0.05) is 12.6 Å². The van der Waals surface area contributed by atoms with Crippen LogP contribution in [0.5, 0.6) is 0 Å². The lowest BCUT2D eigenvalue weighted by molar-refractivity contribution is 0.0600. The highest BCUT2D eigenvalue weighted by atomic mass is 35.5. The topological polar surface area (TPSA) is 84.5 Å². The Bertz CT molecular complexity index is 931. The van der Waals surface area contributed by atoms with E-state index in [1.54, 1.807) is 36.4 Å². The van der Waals surface area contributed by atoms with Crippen molar-refractivity contribution in [2.75, 3.05) is 7.11 Å². The highest BCUT2D eigenvalue weighted by Gasteiger charge is 2.29. The van der Waals surface area contributed by atoms with Crippen molar-refractivity contribution in [3.05, 3.63) is 64.7 Å². The molecular weight excluding hydrogens is 376 g/mol. The van der Waals surface area contributed by atoms with Gasteiger partial charge in [-0.05, 0) is 59.5 Å². The molecule has 0 heterocycles. The van der Waals surface area contributed by atoms with E-state index in [9.17, 15) is 13.2 Å². The van der Waals surface area contributed by atoms with Crippen molar-refractivity contribution in [1.29, 1.82) is 0 Å². The van der Waals surface area contributed by atoms with Gasteiger partial charge in [-0.25, -0.2) is 22.8 Å². The number of esters is 1. The molecule has 1 aliphatic rings. The lowest BCUT2D eigenvalue weighted by Crippen LogP contribution is -2.28. The second-order valence-electron chi connectivity index (χ2n) is 6.04. The van der Waals surface area contributed by atoms with Crippen LogP contribution in [0, 0.1) is 0 Å². The first kappa shape index (κ1) is 18.8. The van der Waals surface area contributed by atoms with E-state index in [-0.39, 0.29) is 11.4 Å². The summed E-state index contributed by atoms with van der Waals surface area (Å²) in [6.07, 6.45) is 1.38. The van der Waals surface area contributed by atoms with Crippen molar-refractivity contribution in [2.45, 2.75) is 30.3 Å². The summed E-state index contributed by atoms with van der Waals surface area (Å²) in [5.74, 6) is -0.445. The SMILES string of the molecule is COC(=O)c1ccc2c(c1)[C@H](NS(=O)(=O)c1ccccc1CNCl)CC2. The monoisotopic (exact) mass is 394 g/mol. The van der Waals surface area contributed by atoms with Crippen LogP contribution >= 0.6 is 11.8 Å². The van der Waals surface area contributed by atoms with E-state index in [0.717, 1.165) is 17.5 Å². The average molecular weight is 395 g/mol. The van der Waals surface area contributed by atoms with Crippen LogP contribution in [0.4, 0.5) is 0 Å². The Hall–Kier alpha value is -1.93. The zero-order valence-electron chi connectivity index (χ0n) is 14.2. The molecule has 0 saturated heterocycles. The van der Waals surface area contributed by atoms with Crippen molar-refractivity contribution >= 4 is 27.8 Å². The molecule has 0 radical (unpaired) electrons. The number of sulfonamides is 1. The van der Waals surface area contributed by atoms with Crippen molar-refractivity contribution in [2.24, 2.45) is 0 Å². The third kappa shape index (κ3) is 3.76. The van der Waals surface area contributed by atoms with Gasteiger partial charge in [0.25, 0.3) is 0 Å². The third-order valence-electron chi connectivity index (χ3n) is 4.46. The summed E-state index contributed by atoms with van der Waals surface area (Å²) in [5, 5.41) is 0. The molecule has 0 spiro atoms. The predicted molar refractivity (Wildman–Crippen MR) is 98.3 cm³/mol. The number of hydrogen-bond donors (Lipinski definition) is 2. The molecule has 138 valence electrons. The first-order chi connectivity index (χ1) is 12.5. The molecule has 26 heavy (non-hydrogen) atoms. The maximum Gasteiger partial charge on any atom is 0.337 e. The first-order valence-electron chi connectivity index (χ1n) is 8.11. The second-order valence-corrected chi connectivity index (χ2v) is 7.99. The number of benzene rings is 2. The van der Waals surface area contributed by atoms with Crippen LogP contribution in [0.25, 0.3) is 0 Å². The number of aryl methyl sites for hydroxylation is 1. The standard InChI is InChI=1S/C18H19ClN2O4S/c1-25-18(22)13-7-6-12-8-9-16(15(12)10-13)21-26(23,24)17-5-3-2-4-14(17)11-20-19/h2-7,10,16,20-21H,8-9,11H2,1H3/t16-/m1/s1. The molecule has 2 aromatic carbocycles. The quantitative estimate of drug-likeness (QED) is 0.581. The molecule has 0 bridgehead atoms. The van der Waals surface area contributed by atoms with Crippen LogP contribution in [0.2, 0.25) is 0 Å². The minimum absolute atomic E-state index is 0.186. The molecule has 1 aliphatic carbocycles. The van der Waals surface area contributed by atoms with Gasteiger partial charge < -0.3 is 4.74 Å². The fourth-order valence-corrected chi connectivity index (χ4v) is 4.84. The molecule has 0 fully saturated rings. The lowest BCUT2D eigenvalue weighted by Gasteiger charge is -2.17. The van der Waals surface area contributed by atoms with Crippen LogP contribution in [0.15, 0.2) is 47.4 Å². The highest BCUT2D eigenvalue weighted by molar-refractivity contribution is 7.89. The molecule has 3 rings (SSSR count). The summed E-state index contributed by atoms with van der Waals surface area (Å²) in [7, 11) is -2.43. The Balaban J connectivity index is 1.91. The smallest absolute Gasteiger partial charge is 0.337 e. The first-order valence-corrected chi connectivity index (χ1v) is 9.97. The van der Waals surface area contributed by atoms with Gasteiger partial charge in [-0.15, -0.1) is 0 Å². The molecule has 1 atom stereocenters. The van der Waals surface area contributed by atoms with Crippen molar-refractivity contribution < 1.29 is 17.9 Å². The van der Waals surface area contributed by atoms with Crippen LogP contribution in [0.3, 0.4) is 0 Å². The Kier molecular flexibility index (Phi) is 5.62. The third-order valence-corrected chi connectivity index (χ3v) is 6.17. The summed E-state index contributed by atoms with van der Waals surface area (Å²) < 4.78 is 33.3. The van der Waals surface area contributed by atoms with Gasteiger partial charge in [0.1, 0.15) is 0 Å². The van der Waals surface area contributed by atoms with E-state index in [1.807, 2.05) is 6.07 Å². The molecule has 0 aliphatic heterocycles.